The standard InChI is InChI=1S/C13H12N6O2/c1-21-12-6-8-4-2-3-5-9(8)13(15-12)14-11(20)7-10-16-18-19-17-10/h2-6H,7H2,1H3,(H,14,15,20)(H,16,17,18,19). The highest BCUT2D eigenvalue weighted by Gasteiger charge is 2.12. The van der Waals surface area contributed by atoms with Crippen molar-refractivity contribution in [1.82, 2.24) is 25.6 Å². The highest BCUT2D eigenvalue weighted by Crippen LogP contribution is 2.25. The minimum atomic E-state index is -0.276. The third-order valence-corrected chi connectivity index (χ3v) is 2.89. The SMILES string of the molecule is COc1cc2ccccc2c(NC(=O)Cc2nn[nH]n2)n1. The summed E-state index contributed by atoms with van der Waals surface area (Å²) >= 11 is 0. The van der Waals surface area contributed by atoms with Gasteiger partial charge in [0.25, 0.3) is 0 Å². The van der Waals surface area contributed by atoms with Crippen molar-refractivity contribution in [2.24, 2.45) is 0 Å². The number of H-pyrrole nitrogens is 1. The Bertz CT molecular complexity index is 771. The quantitative estimate of drug-likeness (QED) is 0.738. The van der Waals surface area contributed by atoms with Crippen molar-refractivity contribution in [3.8, 4) is 5.88 Å². The fourth-order valence-electron chi connectivity index (χ4n) is 1.95. The van der Waals surface area contributed by atoms with Gasteiger partial charge in [0.2, 0.25) is 11.8 Å². The van der Waals surface area contributed by atoms with Gasteiger partial charge in [-0.3, -0.25) is 4.79 Å². The van der Waals surface area contributed by atoms with Crippen LogP contribution in [0, 0.1) is 0 Å². The molecular weight excluding hydrogens is 272 g/mol. The molecule has 106 valence electrons. The number of benzene rings is 1. The maximum Gasteiger partial charge on any atom is 0.233 e. The number of methoxy groups -OCH3 is 1. The molecule has 2 heterocycles. The number of aromatic nitrogens is 5. The number of ether oxygens (including phenoxy) is 1. The largest absolute Gasteiger partial charge is 0.481 e. The summed E-state index contributed by atoms with van der Waals surface area (Å²) in [5, 5.41) is 17.7. The minimum Gasteiger partial charge on any atom is -0.481 e. The number of tetrazole rings is 1. The molecular formula is C13H12N6O2. The van der Waals surface area contributed by atoms with Gasteiger partial charge in [-0.05, 0) is 5.39 Å². The molecule has 1 amide bonds. The van der Waals surface area contributed by atoms with Gasteiger partial charge < -0.3 is 10.1 Å². The van der Waals surface area contributed by atoms with E-state index in [4.69, 9.17) is 4.74 Å². The molecule has 0 aliphatic carbocycles. The average Bonchev–Trinajstić information content (AvgIpc) is 2.99. The van der Waals surface area contributed by atoms with E-state index in [1.165, 1.54) is 7.11 Å². The highest BCUT2D eigenvalue weighted by molar-refractivity contribution is 6.01. The number of anilines is 1. The number of carbonyl (C=O) groups is 1. The van der Waals surface area contributed by atoms with E-state index < -0.39 is 0 Å². The van der Waals surface area contributed by atoms with Crippen molar-refractivity contribution in [2.45, 2.75) is 6.42 Å². The molecule has 0 saturated carbocycles. The minimum absolute atomic E-state index is 0.0176. The number of aromatic amines is 1. The lowest BCUT2D eigenvalue weighted by Gasteiger charge is -2.09. The first-order valence-electron chi connectivity index (χ1n) is 6.22. The second-order valence-electron chi connectivity index (χ2n) is 4.29. The zero-order valence-corrected chi connectivity index (χ0v) is 11.2. The van der Waals surface area contributed by atoms with E-state index in [0.717, 1.165) is 10.8 Å². The van der Waals surface area contributed by atoms with Gasteiger partial charge in [-0.25, -0.2) is 0 Å². The molecule has 0 aliphatic rings. The van der Waals surface area contributed by atoms with Crippen molar-refractivity contribution in [1.29, 1.82) is 0 Å². The van der Waals surface area contributed by atoms with E-state index >= 15 is 0 Å². The molecule has 3 rings (SSSR count). The molecule has 0 spiro atoms. The van der Waals surface area contributed by atoms with Crippen LogP contribution in [0.4, 0.5) is 5.82 Å². The normalized spacial score (nSPS) is 10.5. The number of fused-ring (bicyclic) bond motifs is 1. The van der Waals surface area contributed by atoms with Gasteiger partial charge in [0, 0.05) is 11.5 Å². The lowest BCUT2D eigenvalue weighted by Crippen LogP contribution is -2.16. The summed E-state index contributed by atoms with van der Waals surface area (Å²) in [5.41, 5.74) is 0. The van der Waals surface area contributed by atoms with Gasteiger partial charge in [-0.1, -0.05) is 29.5 Å². The molecule has 0 unspecified atom stereocenters. The Morgan fingerprint density at radius 2 is 2.24 bits per heavy atom. The smallest absolute Gasteiger partial charge is 0.233 e. The molecule has 2 aromatic heterocycles. The maximum atomic E-state index is 12.0. The number of nitrogens with zero attached hydrogens (tertiary/aromatic N) is 4. The third kappa shape index (κ3) is 2.78. The second-order valence-corrected chi connectivity index (χ2v) is 4.29. The number of pyridine rings is 1. The Labute approximate surface area is 119 Å². The number of hydrogen-bond acceptors (Lipinski definition) is 6. The van der Waals surface area contributed by atoms with Crippen LogP contribution in [0.1, 0.15) is 5.82 Å². The number of carbonyl (C=O) groups excluding carboxylic acids is 1. The molecule has 1 aromatic carbocycles. The Balaban J connectivity index is 1.90. The molecule has 8 nitrogen and oxygen atoms in total. The Morgan fingerprint density at radius 1 is 1.38 bits per heavy atom. The number of nitrogens with one attached hydrogen (secondary N) is 2. The molecule has 0 fully saturated rings. The molecule has 2 N–H and O–H groups in total. The first-order valence-corrected chi connectivity index (χ1v) is 6.22. The van der Waals surface area contributed by atoms with E-state index in [2.05, 4.69) is 30.9 Å². The molecule has 0 bridgehead atoms. The summed E-state index contributed by atoms with van der Waals surface area (Å²) in [6.07, 6.45) is 0.0176. The van der Waals surface area contributed by atoms with Crippen LogP contribution in [-0.2, 0) is 11.2 Å². The van der Waals surface area contributed by atoms with Crippen LogP contribution in [0.3, 0.4) is 0 Å². The molecule has 0 radical (unpaired) electrons. The summed E-state index contributed by atoms with van der Waals surface area (Å²) in [6, 6.07) is 9.41. The lowest BCUT2D eigenvalue weighted by molar-refractivity contribution is -0.115. The van der Waals surface area contributed by atoms with Crippen LogP contribution >= 0.6 is 0 Å². The van der Waals surface area contributed by atoms with Crippen LogP contribution in [0.2, 0.25) is 0 Å². The van der Waals surface area contributed by atoms with Crippen LogP contribution < -0.4 is 10.1 Å². The van der Waals surface area contributed by atoms with Gasteiger partial charge in [0.05, 0.1) is 13.5 Å². The van der Waals surface area contributed by atoms with Gasteiger partial charge >= 0.3 is 0 Å². The summed E-state index contributed by atoms with van der Waals surface area (Å²) in [4.78, 5) is 16.3. The first-order chi connectivity index (χ1) is 10.3. The average molecular weight is 284 g/mol. The van der Waals surface area contributed by atoms with Gasteiger partial charge in [0.15, 0.2) is 5.82 Å². The summed E-state index contributed by atoms with van der Waals surface area (Å²) in [5.74, 6) is 0.920. The van der Waals surface area contributed by atoms with Gasteiger partial charge in [0.1, 0.15) is 5.82 Å². The van der Waals surface area contributed by atoms with Crippen molar-refractivity contribution in [3.63, 3.8) is 0 Å². The lowest BCUT2D eigenvalue weighted by atomic mass is 10.1. The molecule has 3 aromatic rings. The number of amides is 1. The van der Waals surface area contributed by atoms with Crippen molar-refractivity contribution in [2.75, 3.05) is 12.4 Å². The number of hydrogen-bond donors (Lipinski definition) is 2. The van der Waals surface area contributed by atoms with E-state index in [1.54, 1.807) is 0 Å². The fraction of sp³-hybridized carbons (Fsp3) is 0.154. The third-order valence-electron chi connectivity index (χ3n) is 2.89. The molecule has 0 aliphatic heterocycles. The Morgan fingerprint density at radius 3 is 3.00 bits per heavy atom. The summed E-state index contributed by atoms with van der Waals surface area (Å²) in [6.45, 7) is 0. The molecule has 21 heavy (non-hydrogen) atoms. The fourth-order valence-corrected chi connectivity index (χ4v) is 1.95. The zero-order chi connectivity index (χ0) is 14.7. The van der Waals surface area contributed by atoms with Crippen LogP contribution in [-0.4, -0.2) is 38.6 Å². The first kappa shape index (κ1) is 13.0. The zero-order valence-electron chi connectivity index (χ0n) is 11.2. The van der Waals surface area contributed by atoms with Crippen LogP contribution in [0.5, 0.6) is 5.88 Å². The van der Waals surface area contributed by atoms with E-state index in [-0.39, 0.29) is 12.3 Å². The molecule has 8 heteroatoms. The molecule has 0 saturated heterocycles. The monoisotopic (exact) mass is 284 g/mol. The highest BCUT2D eigenvalue weighted by atomic mass is 16.5. The number of rotatable bonds is 4. The van der Waals surface area contributed by atoms with Crippen molar-refractivity contribution in [3.05, 3.63) is 36.2 Å². The van der Waals surface area contributed by atoms with Crippen LogP contribution in [0.25, 0.3) is 10.8 Å². The summed E-state index contributed by atoms with van der Waals surface area (Å²) in [7, 11) is 1.53. The summed E-state index contributed by atoms with van der Waals surface area (Å²) < 4.78 is 5.15. The second kappa shape index (κ2) is 5.53. The van der Waals surface area contributed by atoms with Crippen LogP contribution in [0.15, 0.2) is 30.3 Å². The van der Waals surface area contributed by atoms with E-state index in [0.29, 0.717) is 17.5 Å². The van der Waals surface area contributed by atoms with E-state index in [1.807, 2.05) is 30.3 Å². The topological polar surface area (TPSA) is 106 Å². The van der Waals surface area contributed by atoms with Gasteiger partial charge in [-0.2, -0.15) is 10.2 Å². The Kier molecular flexibility index (Phi) is 3.42. The van der Waals surface area contributed by atoms with Crippen molar-refractivity contribution >= 4 is 22.5 Å². The predicted octanol–water partition coefficient (Wildman–Crippen LogP) is 0.938. The predicted molar refractivity (Wildman–Crippen MR) is 74.8 cm³/mol. The van der Waals surface area contributed by atoms with Gasteiger partial charge in [-0.15, -0.1) is 10.2 Å². The molecule has 0 atom stereocenters. The van der Waals surface area contributed by atoms with E-state index in [9.17, 15) is 4.79 Å². The maximum absolute atomic E-state index is 12.0. The van der Waals surface area contributed by atoms with Crippen molar-refractivity contribution < 1.29 is 9.53 Å². The Hall–Kier alpha value is -3.03.